The van der Waals surface area contributed by atoms with Gasteiger partial charge in [-0.3, -0.25) is 9.78 Å². The molecule has 1 aromatic rings. The second-order valence-electron chi connectivity index (χ2n) is 5.07. The van der Waals surface area contributed by atoms with Crippen molar-refractivity contribution in [3.63, 3.8) is 0 Å². The topological polar surface area (TPSA) is 78.4 Å². The molecule has 0 saturated carbocycles. The maximum Gasteiger partial charge on any atom is 0.221 e. The average Bonchev–Trinajstić information content (AvgIpc) is 2.53. The highest BCUT2D eigenvalue weighted by Gasteiger charge is 2.05. The minimum Gasteiger partial charge on any atom is -0.357 e. The summed E-state index contributed by atoms with van der Waals surface area (Å²) >= 11 is 0. The number of rotatable bonds is 8. The monoisotopic (exact) mass is 305 g/mol. The van der Waals surface area contributed by atoms with E-state index in [-0.39, 0.29) is 11.9 Å². The van der Waals surface area contributed by atoms with Crippen molar-refractivity contribution in [3.8, 4) is 0 Å². The summed E-state index contributed by atoms with van der Waals surface area (Å²) in [5, 5.41) is 9.27. The van der Waals surface area contributed by atoms with Gasteiger partial charge in [0.05, 0.1) is 12.2 Å². The van der Waals surface area contributed by atoms with Gasteiger partial charge >= 0.3 is 0 Å². The van der Waals surface area contributed by atoms with Crippen molar-refractivity contribution in [2.45, 2.75) is 46.2 Å². The van der Waals surface area contributed by atoms with Crippen LogP contribution in [-0.4, -0.2) is 36.0 Å². The third-order valence-electron chi connectivity index (χ3n) is 3.13. The highest BCUT2D eigenvalue weighted by atomic mass is 16.1. The second kappa shape index (κ2) is 10.6. The van der Waals surface area contributed by atoms with Gasteiger partial charge in [0.15, 0.2) is 5.96 Å². The molecule has 0 fully saturated rings. The third-order valence-corrected chi connectivity index (χ3v) is 3.13. The number of nitrogens with one attached hydrogen (secondary N) is 3. The molecule has 0 aliphatic rings. The second-order valence-corrected chi connectivity index (χ2v) is 5.07. The van der Waals surface area contributed by atoms with Crippen LogP contribution in [0.25, 0.3) is 0 Å². The van der Waals surface area contributed by atoms with Gasteiger partial charge in [0.2, 0.25) is 5.91 Å². The SMILES string of the molecule is CCNC(=NCc1ccccn1)NCCC(=O)NC(C)CC. The first-order chi connectivity index (χ1) is 10.7. The van der Waals surface area contributed by atoms with Crippen molar-refractivity contribution in [1.82, 2.24) is 20.9 Å². The summed E-state index contributed by atoms with van der Waals surface area (Å²) in [5.74, 6) is 0.756. The van der Waals surface area contributed by atoms with Gasteiger partial charge in [-0.05, 0) is 32.4 Å². The molecular formula is C16H27N5O. The lowest BCUT2D eigenvalue weighted by molar-refractivity contribution is -0.121. The molecule has 6 nitrogen and oxygen atoms in total. The van der Waals surface area contributed by atoms with Gasteiger partial charge in [0.25, 0.3) is 0 Å². The summed E-state index contributed by atoms with van der Waals surface area (Å²) in [6.45, 7) is 7.90. The standard InChI is InChI=1S/C16H27N5O/c1-4-13(3)21-15(22)9-11-19-16(17-5-2)20-12-14-8-6-7-10-18-14/h6-8,10,13H,4-5,9,11-12H2,1-3H3,(H,21,22)(H2,17,19,20). The molecule has 1 atom stereocenters. The van der Waals surface area contributed by atoms with Crippen LogP contribution in [0.1, 0.15) is 39.3 Å². The van der Waals surface area contributed by atoms with Gasteiger partial charge in [-0.15, -0.1) is 0 Å². The third kappa shape index (κ3) is 7.61. The Kier molecular flexibility index (Phi) is 8.64. The molecular weight excluding hydrogens is 278 g/mol. The van der Waals surface area contributed by atoms with Crippen molar-refractivity contribution in [2.75, 3.05) is 13.1 Å². The molecule has 0 aromatic carbocycles. The van der Waals surface area contributed by atoms with Crippen LogP contribution in [0.3, 0.4) is 0 Å². The molecule has 122 valence electrons. The van der Waals surface area contributed by atoms with Crippen LogP contribution >= 0.6 is 0 Å². The predicted octanol–water partition coefficient (Wildman–Crippen LogP) is 1.44. The van der Waals surface area contributed by atoms with E-state index in [4.69, 9.17) is 0 Å². The maximum absolute atomic E-state index is 11.7. The smallest absolute Gasteiger partial charge is 0.221 e. The van der Waals surface area contributed by atoms with Gasteiger partial charge in [0.1, 0.15) is 0 Å². The van der Waals surface area contributed by atoms with Gasteiger partial charge in [0, 0.05) is 31.7 Å². The van der Waals surface area contributed by atoms with E-state index in [1.54, 1.807) is 6.20 Å². The molecule has 1 heterocycles. The molecule has 3 N–H and O–H groups in total. The van der Waals surface area contributed by atoms with Gasteiger partial charge in [-0.25, -0.2) is 4.99 Å². The Morgan fingerprint density at radius 2 is 2.14 bits per heavy atom. The molecule has 0 aliphatic heterocycles. The predicted molar refractivity (Wildman–Crippen MR) is 89.6 cm³/mol. The largest absolute Gasteiger partial charge is 0.357 e. The summed E-state index contributed by atoms with van der Waals surface area (Å²) in [5.41, 5.74) is 0.911. The molecule has 6 heteroatoms. The quantitative estimate of drug-likeness (QED) is 0.502. The minimum absolute atomic E-state index is 0.0578. The molecule has 0 saturated heterocycles. The zero-order chi connectivity index (χ0) is 16.2. The van der Waals surface area contributed by atoms with E-state index in [1.807, 2.05) is 32.0 Å². The Morgan fingerprint density at radius 3 is 2.77 bits per heavy atom. The van der Waals surface area contributed by atoms with Crippen LogP contribution in [0, 0.1) is 0 Å². The van der Waals surface area contributed by atoms with E-state index in [0.29, 0.717) is 25.5 Å². The van der Waals surface area contributed by atoms with Gasteiger partial charge in [-0.1, -0.05) is 13.0 Å². The summed E-state index contributed by atoms with van der Waals surface area (Å²) < 4.78 is 0. The summed E-state index contributed by atoms with van der Waals surface area (Å²) in [6, 6.07) is 5.98. The summed E-state index contributed by atoms with van der Waals surface area (Å²) in [4.78, 5) is 20.4. The molecule has 0 aliphatic carbocycles. The fourth-order valence-corrected chi connectivity index (χ4v) is 1.74. The molecule has 1 rings (SSSR count). The number of hydrogen-bond donors (Lipinski definition) is 3. The van der Waals surface area contributed by atoms with E-state index in [9.17, 15) is 4.79 Å². The molecule has 0 bridgehead atoms. The van der Waals surface area contributed by atoms with Crippen molar-refractivity contribution >= 4 is 11.9 Å². The highest BCUT2D eigenvalue weighted by molar-refractivity contribution is 5.81. The first kappa shape index (κ1) is 17.9. The number of aliphatic imine (C=N–C) groups is 1. The number of carbonyl (C=O) groups excluding carboxylic acids is 1. The van der Waals surface area contributed by atoms with E-state index in [1.165, 1.54) is 0 Å². The zero-order valence-electron chi connectivity index (χ0n) is 13.7. The number of amides is 1. The van der Waals surface area contributed by atoms with Gasteiger partial charge in [-0.2, -0.15) is 0 Å². The lowest BCUT2D eigenvalue weighted by Crippen LogP contribution is -2.40. The van der Waals surface area contributed by atoms with Crippen molar-refractivity contribution in [2.24, 2.45) is 4.99 Å². The zero-order valence-corrected chi connectivity index (χ0v) is 13.7. The van der Waals surface area contributed by atoms with E-state index < -0.39 is 0 Å². The number of nitrogens with zero attached hydrogens (tertiary/aromatic N) is 2. The Hall–Kier alpha value is -2.11. The first-order valence-corrected chi connectivity index (χ1v) is 7.87. The average molecular weight is 305 g/mol. The Bertz CT molecular complexity index is 461. The number of pyridine rings is 1. The van der Waals surface area contributed by atoms with E-state index in [2.05, 4.69) is 32.9 Å². The lowest BCUT2D eigenvalue weighted by atomic mass is 10.2. The number of aromatic nitrogens is 1. The van der Waals surface area contributed by atoms with Crippen LogP contribution in [0.15, 0.2) is 29.4 Å². The Morgan fingerprint density at radius 1 is 1.32 bits per heavy atom. The molecule has 0 radical (unpaired) electrons. The van der Waals surface area contributed by atoms with Crippen LogP contribution in [0.5, 0.6) is 0 Å². The Labute approximate surface area is 132 Å². The molecule has 0 spiro atoms. The normalized spacial score (nSPS) is 12.6. The fraction of sp³-hybridized carbons (Fsp3) is 0.562. The van der Waals surface area contributed by atoms with Crippen molar-refractivity contribution in [1.29, 1.82) is 0 Å². The summed E-state index contributed by atoms with van der Waals surface area (Å²) in [6.07, 6.45) is 3.12. The summed E-state index contributed by atoms with van der Waals surface area (Å²) in [7, 11) is 0. The van der Waals surface area contributed by atoms with Crippen LogP contribution in [0.2, 0.25) is 0 Å². The molecule has 1 aromatic heterocycles. The van der Waals surface area contributed by atoms with E-state index in [0.717, 1.165) is 18.7 Å². The van der Waals surface area contributed by atoms with Crippen LogP contribution < -0.4 is 16.0 Å². The fourth-order valence-electron chi connectivity index (χ4n) is 1.74. The molecule has 1 unspecified atom stereocenters. The maximum atomic E-state index is 11.7. The first-order valence-electron chi connectivity index (χ1n) is 7.87. The van der Waals surface area contributed by atoms with E-state index >= 15 is 0 Å². The van der Waals surface area contributed by atoms with Crippen molar-refractivity contribution < 1.29 is 4.79 Å². The molecule has 22 heavy (non-hydrogen) atoms. The number of carbonyl (C=O) groups is 1. The number of guanidine groups is 1. The van der Waals surface area contributed by atoms with Crippen LogP contribution in [0.4, 0.5) is 0 Å². The minimum atomic E-state index is 0.0578. The number of hydrogen-bond acceptors (Lipinski definition) is 3. The van der Waals surface area contributed by atoms with Gasteiger partial charge < -0.3 is 16.0 Å². The van der Waals surface area contributed by atoms with Crippen molar-refractivity contribution in [3.05, 3.63) is 30.1 Å². The highest BCUT2D eigenvalue weighted by Crippen LogP contribution is 1.95. The lowest BCUT2D eigenvalue weighted by Gasteiger charge is -2.13. The van der Waals surface area contributed by atoms with Crippen LogP contribution in [-0.2, 0) is 11.3 Å². The molecule has 1 amide bonds. The Balaban J connectivity index is 2.39.